The van der Waals surface area contributed by atoms with Crippen molar-refractivity contribution < 1.29 is 56.5 Å². The van der Waals surface area contributed by atoms with Crippen LogP contribution in [0.25, 0.3) is 0 Å². The lowest BCUT2D eigenvalue weighted by atomic mass is 10.1. The van der Waals surface area contributed by atoms with E-state index >= 15 is 0 Å². The van der Waals surface area contributed by atoms with Gasteiger partial charge >= 0.3 is 0 Å². The number of thioether (sulfide) groups is 1. The summed E-state index contributed by atoms with van der Waals surface area (Å²) in [5, 5.41) is 3.03. The van der Waals surface area contributed by atoms with Crippen LogP contribution in [0.5, 0.6) is 11.5 Å². The second kappa shape index (κ2) is 72.5. The average molecular weight is 2120 g/mol. The molecule has 0 aromatic carbocycles. The number of piperazine rings is 2. The lowest BCUT2D eigenvalue weighted by molar-refractivity contribution is -0.144. The van der Waals surface area contributed by atoms with Gasteiger partial charge in [0.05, 0.1) is 65.5 Å². The first-order chi connectivity index (χ1) is 70.4. The number of rotatable bonds is 16. The second-order valence-corrected chi connectivity index (χ2v) is 41.2. The largest absolute Gasteiger partial charge is 0.495 e. The first kappa shape index (κ1) is 136. The molecule has 0 spiro atoms. The number of piperidine rings is 1. The quantitative estimate of drug-likeness (QED) is 0.0938. The Bertz CT molecular complexity index is 5490. The summed E-state index contributed by atoms with van der Waals surface area (Å²) in [7, 11) is 5.07. The van der Waals surface area contributed by atoms with Gasteiger partial charge in [-0.25, -0.2) is 8.78 Å². The third kappa shape index (κ3) is 51.2. The fourth-order valence-electron chi connectivity index (χ4n) is 14.8. The molecule has 0 saturated carbocycles. The van der Waals surface area contributed by atoms with Gasteiger partial charge < -0.3 is 90.2 Å². The fraction of sp³-hybridized carbons (Fsp3) is 0.598. The number of halogens is 2. The number of aromatic nitrogens is 9. The Labute approximate surface area is 892 Å². The van der Waals surface area contributed by atoms with Crippen molar-refractivity contribution in [3.8, 4) is 11.5 Å². The number of carbonyl (C=O) groups is 6. The SMILES string of the molecule is CC(C)N1CCCCC1=O.CC(C)N1CCN(C)CC1=O.CC(C)N1CCNCC1=O.CC(C)N1CCOCC1=O.CC(C)N1CCOCCC1=O.CC(C)N1CCSCC1=O.CC(C)n1cc(F)ccc1=O.CC(C)n1cccc(F)c1=O.CC(C)n1ccccc1=O.CC(C)n1ccncc1=O.COc1ccc(=O)n(C(C)C)c1.COc1cccn(C(C)C)c1=O.Cc1ccc(=O)n(C(C)C)c1.Cc1cccn(C(C)C)c1=O. The van der Waals surface area contributed by atoms with Crippen LogP contribution in [-0.4, -0.2) is 272 Å². The number of pyridine rings is 7. The number of amides is 6. The standard InChI is InChI=1S/2C9H13NO2.2C9H13NO.2C8H10FNO.C8H16N2O.C8H15NO2.C8H15NO.C8H11NO.C7H14N2O.C7H10N2O.C7H13NO2.C7H13NOS/c1-7(2)10-6-8(12-3)4-5-9(10)11;1-7(2)10-6-4-5-8(12-3)9(10)11;1-7(2)10-6-8(3)4-5-9(10)11;1-7(2)10-6-4-5-8(3)9(10)11;1-6(2)10-5-7(9)3-4-8(10)11;1-6(2)10-5-3-4-7(9)8(10)11;1-7(2)10-5-4-9(3)6-8(10)11;1-7(2)9-4-6-11-5-3-8(9)10;2*1-7(2)9-6-4-3-5-8(9)10;2*1-6(2)9-4-3-8-5-7(9)10;2*1-6(2)8-3-4-10-5-7(8)9/h2*4-7H,1-3H3;2*4-7H,1-3H3;2*3-6H,1-2H3;7H,4-6H2,1-3H3;7H,3-6H2,1-2H3;7H,3-6H2,1-2H3;3-7H,1-2H3;6,8H,3-5H2,1-2H3;3-6H,1-2H3;2*6H,3-5H2,1-2H3. The van der Waals surface area contributed by atoms with Gasteiger partial charge in [-0.2, -0.15) is 11.8 Å². The summed E-state index contributed by atoms with van der Waals surface area (Å²) in [6.45, 7) is 69.8. The highest BCUT2D eigenvalue weighted by Crippen LogP contribution is 2.17. The minimum absolute atomic E-state index is 0.00537. The monoisotopic (exact) mass is 2120 g/mol. The number of nitrogens with zero attached hydrogens (tertiary/aromatic N) is 16. The molecule has 6 fully saturated rings. The number of hydrogen-bond donors (Lipinski definition) is 1. The minimum Gasteiger partial charge on any atom is -0.495 e. The highest BCUT2D eigenvalue weighted by molar-refractivity contribution is 8.00. The van der Waals surface area contributed by atoms with Crippen LogP contribution in [0.2, 0.25) is 0 Å². The lowest BCUT2D eigenvalue weighted by Crippen LogP contribution is -2.51. The van der Waals surface area contributed by atoms with Crippen molar-refractivity contribution in [3.63, 3.8) is 0 Å². The predicted octanol–water partition coefficient (Wildman–Crippen LogP) is 15.0. The number of morpholine rings is 1. The molecule has 14 rings (SSSR count). The Hall–Kier alpha value is -12.0. The van der Waals surface area contributed by atoms with Crippen LogP contribution in [0.1, 0.15) is 279 Å². The molecule has 0 aliphatic carbocycles. The van der Waals surface area contributed by atoms with E-state index in [2.05, 4.69) is 56.7 Å². The van der Waals surface area contributed by atoms with Gasteiger partial charge in [0.15, 0.2) is 11.6 Å². The minimum atomic E-state index is -0.693. The maximum atomic E-state index is 12.6. The Morgan fingerprint density at radius 3 is 1.22 bits per heavy atom. The molecule has 1 N–H and O–H groups in total. The molecule has 6 aliphatic heterocycles. The normalized spacial score (nSPS) is 14.6. The summed E-state index contributed by atoms with van der Waals surface area (Å²) in [4.78, 5) is 174. The summed E-state index contributed by atoms with van der Waals surface area (Å²) >= 11 is 1.73. The van der Waals surface area contributed by atoms with Crippen molar-refractivity contribution in [1.29, 1.82) is 0 Å². The summed E-state index contributed by atoms with van der Waals surface area (Å²) < 4.78 is 58.0. The zero-order valence-corrected chi connectivity index (χ0v) is 96.6. The molecule has 8 aromatic heterocycles. The molecule has 0 radical (unpaired) electrons. The molecule has 0 atom stereocenters. The van der Waals surface area contributed by atoms with Crippen LogP contribution in [-0.2, 0) is 38.2 Å². The molecule has 6 aliphatic rings. The molecule has 0 bridgehead atoms. The van der Waals surface area contributed by atoms with Crippen LogP contribution in [0, 0.1) is 25.5 Å². The first-order valence-corrected chi connectivity index (χ1v) is 53.3. The number of methoxy groups -OCH3 is 2. The van der Waals surface area contributed by atoms with E-state index in [0.717, 1.165) is 82.1 Å². The summed E-state index contributed by atoms with van der Waals surface area (Å²) in [6, 6.07) is 27.6. The van der Waals surface area contributed by atoms with Gasteiger partial charge in [-0.3, -0.25) is 77.0 Å². The van der Waals surface area contributed by atoms with Gasteiger partial charge in [0, 0.05) is 235 Å². The molecule has 8 aromatic rings. The van der Waals surface area contributed by atoms with Crippen LogP contribution in [0.15, 0.2) is 191 Å². The topological polar surface area (TPSA) is 363 Å². The Kier molecular flexibility index (Phi) is 65.7. The lowest BCUT2D eigenvalue weighted by Gasteiger charge is -2.34. The summed E-state index contributed by atoms with van der Waals surface area (Å²) in [5.74, 6) is 3.26. The van der Waals surface area contributed by atoms with Crippen molar-refractivity contribution in [2.45, 2.75) is 318 Å². The van der Waals surface area contributed by atoms with Crippen molar-refractivity contribution in [2.75, 3.05) is 125 Å². The molecule has 840 valence electrons. The smallest absolute Gasteiger partial charge is 0.293 e. The summed E-state index contributed by atoms with van der Waals surface area (Å²) in [5.41, 5.74) is 1.35. The predicted molar refractivity (Wildman–Crippen MR) is 598 cm³/mol. The maximum absolute atomic E-state index is 12.6. The van der Waals surface area contributed by atoms with E-state index in [1.54, 1.807) is 120 Å². The van der Waals surface area contributed by atoms with Crippen LogP contribution in [0.3, 0.4) is 0 Å². The van der Waals surface area contributed by atoms with E-state index in [9.17, 15) is 75.9 Å². The molecule has 14 heterocycles. The number of nitrogens with one attached hydrogen (secondary N) is 1. The zero-order chi connectivity index (χ0) is 114. The van der Waals surface area contributed by atoms with Gasteiger partial charge in [0.2, 0.25) is 35.4 Å². The van der Waals surface area contributed by atoms with Crippen LogP contribution in [0.4, 0.5) is 8.78 Å². The Morgan fingerprint density at radius 1 is 0.353 bits per heavy atom. The molecule has 35 nitrogen and oxygen atoms in total. The first-order valence-electron chi connectivity index (χ1n) is 52.1. The van der Waals surface area contributed by atoms with Gasteiger partial charge in [0.25, 0.3) is 44.5 Å². The van der Waals surface area contributed by atoms with Crippen molar-refractivity contribution in [3.05, 3.63) is 259 Å². The van der Waals surface area contributed by atoms with Gasteiger partial charge in [-0.15, -0.1) is 0 Å². The number of carbonyl (C=O) groups excluding carboxylic acids is 6. The van der Waals surface area contributed by atoms with Crippen LogP contribution < -0.4 is 59.3 Å². The van der Waals surface area contributed by atoms with E-state index in [4.69, 9.17) is 18.9 Å². The average Bonchev–Trinajstić information content (AvgIpc) is 0.887. The molecule has 150 heavy (non-hydrogen) atoms. The highest BCUT2D eigenvalue weighted by Gasteiger charge is 2.26. The van der Waals surface area contributed by atoms with Gasteiger partial charge in [-0.1, -0.05) is 18.2 Å². The number of hydrogen-bond acceptors (Lipinski definition) is 22. The number of likely N-dealkylation sites (tertiary alicyclic amines) is 1. The van der Waals surface area contributed by atoms with E-state index < -0.39 is 11.4 Å². The van der Waals surface area contributed by atoms with E-state index in [1.165, 1.54) is 65.4 Å². The number of aryl methyl sites for hydroxylation is 2. The molecular formula is C112H179F2N17O18S. The molecular weight excluding hydrogens is 1940 g/mol. The second-order valence-electron chi connectivity index (χ2n) is 40.1. The van der Waals surface area contributed by atoms with Crippen molar-refractivity contribution >= 4 is 47.2 Å². The molecule has 6 amide bonds. The maximum Gasteiger partial charge on any atom is 0.293 e. The third-order valence-electron chi connectivity index (χ3n) is 23.4. The fourth-order valence-corrected chi connectivity index (χ4v) is 15.6. The number of ether oxygens (including phenoxy) is 4. The van der Waals surface area contributed by atoms with Crippen LogP contribution >= 0.6 is 11.8 Å². The van der Waals surface area contributed by atoms with E-state index in [0.29, 0.717) is 105 Å². The van der Waals surface area contributed by atoms with Crippen molar-refractivity contribution in [1.82, 2.24) is 81.1 Å². The zero-order valence-electron chi connectivity index (χ0n) is 95.8. The Morgan fingerprint density at radius 2 is 0.793 bits per heavy atom. The number of likely N-dealkylation sites (N-methyl/N-ethyl adjacent to an activating group) is 1. The van der Waals surface area contributed by atoms with Gasteiger partial charge in [-0.05, 0) is 282 Å². The molecule has 6 saturated heterocycles. The van der Waals surface area contributed by atoms with E-state index in [-0.39, 0.29) is 123 Å². The third-order valence-corrected chi connectivity index (χ3v) is 24.3. The highest BCUT2D eigenvalue weighted by atomic mass is 32.2. The summed E-state index contributed by atoms with van der Waals surface area (Å²) in [6.07, 6.45) is 20.0. The molecule has 0 unspecified atom stereocenters. The molecule has 38 heteroatoms. The van der Waals surface area contributed by atoms with Gasteiger partial charge in [0.1, 0.15) is 18.2 Å². The van der Waals surface area contributed by atoms with E-state index in [1.807, 2.05) is 239 Å². The van der Waals surface area contributed by atoms with Crippen molar-refractivity contribution in [2.24, 2.45) is 0 Å². The Balaban J connectivity index is 0.000000808.